The van der Waals surface area contributed by atoms with Gasteiger partial charge in [0.1, 0.15) is 5.82 Å². The number of H-pyrrole nitrogens is 1. The van der Waals surface area contributed by atoms with Gasteiger partial charge in [0, 0.05) is 38.9 Å². The number of hydrogen-bond donors (Lipinski definition) is 1. The van der Waals surface area contributed by atoms with Crippen LogP contribution in [-0.2, 0) is 36.6 Å². The van der Waals surface area contributed by atoms with E-state index in [1.165, 1.54) is 8.87 Å². The van der Waals surface area contributed by atoms with Gasteiger partial charge in [-0.3, -0.25) is 14.3 Å². The summed E-state index contributed by atoms with van der Waals surface area (Å²) in [5.74, 6) is 0.670. The maximum Gasteiger partial charge on any atom is 0.330 e. The van der Waals surface area contributed by atoms with Crippen LogP contribution < -0.4 is 16.1 Å². The highest BCUT2D eigenvalue weighted by molar-refractivity contribution is 7.89. The summed E-state index contributed by atoms with van der Waals surface area (Å²) in [6, 6.07) is 5.28. The van der Waals surface area contributed by atoms with Crippen molar-refractivity contribution in [2.45, 2.75) is 58.0 Å². The van der Waals surface area contributed by atoms with E-state index in [0.717, 1.165) is 30.5 Å². The van der Waals surface area contributed by atoms with Crippen LogP contribution in [0.3, 0.4) is 0 Å². The molecule has 0 saturated carbocycles. The molecule has 11 heteroatoms. The summed E-state index contributed by atoms with van der Waals surface area (Å²) in [7, 11) is -1.73. The van der Waals surface area contributed by atoms with Crippen molar-refractivity contribution in [3.63, 3.8) is 0 Å². The monoisotopic (exact) mass is 488 g/mol. The van der Waals surface area contributed by atoms with Gasteiger partial charge in [0.2, 0.25) is 10.0 Å². The molecule has 0 atom stereocenters. The van der Waals surface area contributed by atoms with Gasteiger partial charge in [-0.25, -0.2) is 18.2 Å². The summed E-state index contributed by atoms with van der Waals surface area (Å²) in [6.07, 6.45) is 2.46. The molecule has 1 aliphatic heterocycles. The highest BCUT2D eigenvalue weighted by atomic mass is 32.2. The lowest BCUT2D eigenvalue weighted by molar-refractivity contribution is 0.445. The standard InChI is InChI=1S/C23H32N6O4S/c1-5-8-12-29-21-20(22(30)25-23(29)31)26(4)19(24-21)15-27-13-11-16-14-17(9-10-18(16)27)34(32,33)28(6-2)7-3/h9-10,14H,5-8,11-13,15H2,1-4H3,(H,25,30,31). The van der Waals surface area contributed by atoms with Gasteiger partial charge in [0.05, 0.1) is 11.4 Å². The molecule has 0 saturated heterocycles. The second-order valence-corrected chi connectivity index (χ2v) is 10.5. The van der Waals surface area contributed by atoms with Crippen molar-refractivity contribution in [3.05, 3.63) is 50.4 Å². The van der Waals surface area contributed by atoms with Crippen LogP contribution in [0, 0.1) is 0 Å². The fourth-order valence-electron chi connectivity index (χ4n) is 4.61. The number of benzene rings is 1. The van der Waals surface area contributed by atoms with E-state index >= 15 is 0 Å². The first-order valence-electron chi connectivity index (χ1n) is 11.8. The van der Waals surface area contributed by atoms with Gasteiger partial charge >= 0.3 is 5.69 Å². The fourth-order valence-corrected chi connectivity index (χ4v) is 6.12. The number of sulfonamides is 1. The van der Waals surface area contributed by atoms with Gasteiger partial charge in [0.15, 0.2) is 11.2 Å². The summed E-state index contributed by atoms with van der Waals surface area (Å²) in [4.78, 5) is 34.5. The van der Waals surface area contributed by atoms with Crippen LogP contribution in [0.4, 0.5) is 5.69 Å². The van der Waals surface area contributed by atoms with Crippen molar-refractivity contribution in [3.8, 4) is 0 Å². The molecule has 1 aromatic carbocycles. The molecule has 0 radical (unpaired) electrons. The van der Waals surface area contributed by atoms with E-state index in [-0.39, 0.29) is 0 Å². The van der Waals surface area contributed by atoms with E-state index in [2.05, 4.69) is 14.9 Å². The predicted octanol–water partition coefficient (Wildman–Crippen LogP) is 1.82. The predicted molar refractivity (Wildman–Crippen MR) is 132 cm³/mol. The van der Waals surface area contributed by atoms with Crippen molar-refractivity contribution >= 4 is 26.9 Å². The highest BCUT2D eigenvalue weighted by Gasteiger charge is 2.27. The number of aryl methyl sites for hydroxylation is 2. The van der Waals surface area contributed by atoms with Gasteiger partial charge < -0.3 is 9.47 Å². The maximum atomic E-state index is 12.9. The van der Waals surface area contributed by atoms with Crippen LogP contribution in [0.15, 0.2) is 32.7 Å². The highest BCUT2D eigenvalue weighted by Crippen LogP contribution is 2.32. The quantitative estimate of drug-likeness (QED) is 0.492. The number of hydrogen-bond acceptors (Lipinski definition) is 6. The molecule has 0 spiro atoms. The molecule has 2 aromatic heterocycles. The number of anilines is 1. The third kappa shape index (κ3) is 4.07. The average molecular weight is 489 g/mol. The first kappa shape index (κ1) is 24.2. The summed E-state index contributed by atoms with van der Waals surface area (Å²) in [5.41, 5.74) is 1.84. The summed E-state index contributed by atoms with van der Waals surface area (Å²) < 4.78 is 30.6. The smallest absolute Gasteiger partial charge is 0.330 e. The van der Waals surface area contributed by atoms with E-state index < -0.39 is 21.3 Å². The number of rotatable bonds is 9. The number of fused-ring (bicyclic) bond motifs is 2. The van der Waals surface area contributed by atoms with Crippen LogP contribution in [0.2, 0.25) is 0 Å². The Hall–Kier alpha value is -2.92. The molecule has 4 rings (SSSR count). The van der Waals surface area contributed by atoms with Gasteiger partial charge in [-0.05, 0) is 36.6 Å². The lowest BCUT2D eigenvalue weighted by atomic mass is 10.2. The molecule has 184 valence electrons. The second kappa shape index (κ2) is 9.38. The van der Waals surface area contributed by atoms with Crippen LogP contribution in [0.25, 0.3) is 11.2 Å². The third-order valence-electron chi connectivity index (χ3n) is 6.56. The number of nitrogens with zero attached hydrogens (tertiary/aromatic N) is 5. The minimum atomic E-state index is -3.52. The molecule has 34 heavy (non-hydrogen) atoms. The molecule has 0 aliphatic carbocycles. The van der Waals surface area contributed by atoms with Crippen LogP contribution in [-0.4, -0.2) is 51.5 Å². The average Bonchev–Trinajstić information content (AvgIpc) is 3.35. The lowest BCUT2D eigenvalue weighted by Gasteiger charge is -2.21. The Morgan fingerprint density at radius 1 is 1.15 bits per heavy atom. The van der Waals surface area contributed by atoms with Crippen LogP contribution in [0.5, 0.6) is 0 Å². The molecule has 1 aliphatic rings. The Morgan fingerprint density at radius 2 is 1.88 bits per heavy atom. The maximum absolute atomic E-state index is 12.9. The lowest BCUT2D eigenvalue weighted by Crippen LogP contribution is -2.31. The molecule has 10 nitrogen and oxygen atoms in total. The molecule has 3 aromatic rings. The Balaban J connectivity index is 1.68. The summed E-state index contributed by atoms with van der Waals surface area (Å²) >= 11 is 0. The number of aromatic nitrogens is 4. The first-order chi connectivity index (χ1) is 16.2. The van der Waals surface area contributed by atoms with Crippen molar-refractivity contribution in [2.24, 2.45) is 7.05 Å². The number of unbranched alkanes of at least 4 members (excludes halogenated alkanes) is 1. The SMILES string of the molecule is CCCCn1c(=O)[nH]c(=O)c2c1nc(CN1CCc3cc(S(=O)(=O)N(CC)CC)ccc31)n2C. The van der Waals surface area contributed by atoms with E-state index in [0.29, 0.717) is 54.6 Å². The summed E-state index contributed by atoms with van der Waals surface area (Å²) in [5, 5.41) is 0. The largest absolute Gasteiger partial charge is 0.363 e. The number of imidazole rings is 1. The van der Waals surface area contributed by atoms with Gasteiger partial charge in [0.25, 0.3) is 5.56 Å². The Bertz CT molecular complexity index is 1430. The molecule has 1 N–H and O–H groups in total. The van der Waals surface area contributed by atoms with Crippen molar-refractivity contribution in [2.75, 3.05) is 24.5 Å². The van der Waals surface area contributed by atoms with Crippen molar-refractivity contribution < 1.29 is 8.42 Å². The number of nitrogens with one attached hydrogen (secondary N) is 1. The van der Waals surface area contributed by atoms with E-state index in [9.17, 15) is 18.0 Å². The molecular formula is C23H32N6O4S. The molecule has 0 bridgehead atoms. The summed E-state index contributed by atoms with van der Waals surface area (Å²) in [6.45, 7) is 8.22. The molecular weight excluding hydrogens is 456 g/mol. The zero-order valence-electron chi connectivity index (χ0n) is 20.2. The third-order valence-corrected chi connectivity index (χ3v) is 8.61. The van der Waals surface area contributed by atoms with Crippen LogP contribution >= 0.6 is 0 Å². The minimum Gasteiger partial charge on any atom is -0.363 e. The second-order valence-electron chi connectivity index (χ2n) is 8.58. The van der Waals surface area contributed by atoms with E-state index in [4.69, 9.17) is 0 Å². The first-order valence-corrected chi connectivity index (χ1v) is 13.2. The minimum absolute atomic E-state index is 0.311. The molecule has 0 fully saturated rings. The fraction of sp³-hybridized carbons (Fsp3) is 0.522. The molecule has 0 unspecified atom stereocenters. The number of aromatic amines is 1. The van der Waals surface area contributed by atoms with Crippen molar-refractivity contribution in [1.82, 2.24) is 23.4 Å². The Morgan fingerprint density at radius 3 is 2.56 bits per heavy atom. The van der Waals surface area contributed by atoms with Gasteiger partial charge in [-0.15, -0.1) is 0 Å². The zero-order chi connectivity index (χ0) is 24.6. The van der Waals surface area contributed by atoms with Crippen molar-refractivity contribution in [1.29, 1.82) is 0 Å². The molecule has 0 amide bonds. The van der Waals surface area contributed by atoms with E-state index in [1.54, 1.807) is 23.7 Å². The Labute approximate surface area is 198 Å². The van der Waals surface area contributed by atoms with Gasteiger partial charge in [-0.1, -0.05) is 27.2 Å². The topological polar surface area (TPSA) is 113 Å². The normalized spacial score (nSPS) is 13.9. The van der Waals surface area contributed by atoms with Crippen LogP contribution in [0.1, 0.15) is 45.0 Å². The van der Waals surface area contributed by atoms with Gasteiger partial charge in [-0.2, -0.15) is 4.31 Å². The van der Waals surface area contributed by atoms with E-state index in [1.807, 2.05) is 26.8 Å². The molecule has 3 heterocycles. The Kier molecular flexibility index (Phi) is 6.68. The zero-order valence-corrected chi connectivity index (χ0v) is 21.0.